The second kappa shape index (κ2) is 7.57. The van der Waals surface area contributed by atoms with Crippen molar-refractivity contribution in [1.29, 1.82) is 0 Å². The molecule has 0 aliphatic heterocycles. The molecule has 0 saturated heterocycles. The highest BCUT2D eigenvalue weighted by Gasteiger charge is 2.04. The quantitative estimate of drug-likeness (QED) is 0.320. The number of quaternary nitrogens is 1. The lowest BCUT2D eigenvalue weighted by Crippen LogP contribution is -2.35. The van der Waals surface area contributed by atoms with Gasteiger partial charge in [0.25, 0.3) is 0 Å². The van der Waals surface area contributed by atoms with E-state index < -0.39 is 0 Å². The lowest BCUT2D eigenvalue weighted by molar-refractivity contribution is -0.870. The maximum atomic E-state index is 2.28. The maximum Gasteiger partial charge on any atom is 0.0780 e. The van der Waals surface area contributed by atoms with E-state index in [1.54, 1.807) is 0 Å². The molecular formula is C11H28NSi+. The van der Waals surface area contributed by atoms with Crippen LogP contribution in [0.5, 0.6) is 0 Å². The molecule has 0 radical (unpaired) electrons. The van der Waals surface area contributed by atoms with E-state index >= 15 is 0 Å². The van der Waals surface area contributed by atoms with Gasteiger partial charge in [0.15, 0.2) is 0 Å². The smallest absolute Gasteiger partial charge is 0.0780 e. The Hall–Kier alpha value is 0.177. The highest BCUT2D eigenvalue weighted by Crippen LogP contribution is 2.07. The maximum absolute atomic E-state index is 2.28. The van der Waals surface area contributed by atoms with Gasteiger partial charge >= 0.3 is 0 Å². The van der Waals surface area contributed by atoms with Gasteiger partial charge in [-0.2, -0.15) is 0 Å². The summed E-state index contributed by atoms with van der Waals surface area (Å²) >= 11 is 0. The Balaban J connectivity index is 3.00. The molecule has 0 aromatic heterocycles. The van der Waals surface area contributed by atoms with Gasteiger partial charge < -0.3 is 4.48 Å². The van der Waals surface area contributed by atoms with Gasteiger partial charge in [0.2, 0.25) is 0 Å². The molecular weight excluding hydrogens is 174 g/mol. The Kier molecular flexibility index (Phi) is 7.67. The lowest BCUT2D eigenvalue weighted by Gasteiger charge is -2.23. The van der Waals surface area contributed by atoms with Gasteiger partial charge in [0.05, 0.1) is 27.7 Å². The molecule has 0 N–H and O–H groups in total. The molecule has 0 spiro atoms. The Labute approximate surface area is 87.5 Å². The zero-order valence-electron chi connectivity index (χ0n) is 10.1. The molecule has 0 atom stereocenters. The van der Waals surface area contributed by atoms with Crippen molar-refractivity contribution in [1.82, 2.24) is 0 Å². The summed E-state index contributed by atoms with van der Waals surface area (Å²) in [6, 6.07) is 1.50. The zero-order valence-corrected chi connectivity index (χ0v) is 12.1. The van der Waals surface area contributed by atoms with Crippen molar-refractivity contribution in [2.75, 3.05) is 27.7 Å². The fourth-order valence-electron chi connectivity index (χ4n) is 1.54. The number of hydrogen-bond donors (Lipinski definition) is 0. The minimum atomic E-state index is 1.13. The van der Waals surface area contributed by atoms with Crippen molar-refractivity contribution >= 4 is 10.2 Å². The van der Waals surface area contributed by atoms with Gasteiger partial charge in [-0.1, -0.05) is 31.7 Å². The van der Waals surface area contributed by atoms with Crippen LogP contribution in [0.2, 0.25) is 6.04 Å². The van der Waals surface area contributed by atoms with Crippen molar-refractivity contribution in [2.24, 2.45) is 0 Å². The van der Waals surface area contributed by atoms with Gasteiger partial charge in [-0.05, 0) is 12.8 Å². The van der Waals surface area contributed by atoms with Crippen LogP contribution in [-0.4, -0.2) is 42.4 Å². The van der Waals surface area contributed by atoms with Gasteiger partial charge in [-0.25, -0.2) is 0 Å². The molecule has 0 aromatic carbocycles. The highest BCUT2D eigenvalue weighted by molar-refractivity contribution is 6.08. The number of unbranched alkanes of at least 4 members (excludes halogenated alkanes) is 5. The van der Waals surface area contributed by atoms with E-state index in [9.17, 15) is 0 Å². The monoisotopic (exact) mass is 202 g/mol. The minimum Gasteiger partial charge on any atom is -0.331 e. The summed E-state index contributed by atoms with van der Waals surface area (Å²) < 4.78 is 1.13. The summed E-state index contributed by atoms with van der Waals surface area (Å²) in [6.07, 6.45) is 8.75. The predicted molar refractivity (Wildman–Crippen MR) is 65.3 cm³/mol. The van der Waals surface area contributed by atoms with Crippen LogP contribution < -0.4 is 0 Å². The summed E-state index contributed by atoms with van der Waals surface area (Å²) in [5, 5.41) is 0. The minimum absolute atomic E-state index is 1.13. The third-order valence-electron chi connectivity index (χ3n) is 2.43. The second-order valence-electron chi connectivity index (χ2n) is 5.14. The Morgan fingerprint density at radius 1 is 0.769 bits per heavy atom. The number of rotatable bonds is 8. The third kappa shape index (κ3) is 12.2. The molecule has 0 aliphatic carbocycles. The molecule has 0 unspecified atom stereocenters. The van der Waals surface area contributed by atoms with E-state index in [1.807, 2.05) is 0 Å². The van der Waals surface area contributed by atoms with Crippen molar-refractivity contribution < 1.29 is 4.48 Å². The molecule has 0 fully saturated rings. The zero-order chi connectivity index (χ0) is 10.2. The predicted octanol–water partition coefficient (Wildman–Crippen LogP) is 1.82. The summed E-state index contributed by atoms with van der Waals surface area (Å²) in [4.78, 5) is 0. The topological polar surface area (TPSA) is 0 Å². The average molecular weight is 202 g/mol. The van der Waals surface area contributed by atoms with Crippen LogP contribution in [0.25, 0.3) is 0 Å². The highest BCUT2D eigenvalue weighted by atomic mass is 28.1. The van der Waals surface area contributed by atoms with E-state index in [2.05, 4.69) is 21.1 Å². The van der Waals surface area contributed by atoms with Crippen LogP contribution in [0, 0.1) is 0 Å². The first-order valence-electron chi connectivity index (χ1n) is 5.86. The normalized spacial score (nSPS) is 12.2. The van der Waals surface area contributed by atoms with Gasteiger partial charge in [-0.15, -0.1) is 0 Å². The fourth-order valence-corrected chi connectivity index (χ4v) is 2.04. The van der Waals surface area contributed by atoms with Crippen LogP contribution in [0.4, 0.5) is 0 Å². The van der Waals surface area contributed by atoms with Crippen molar-refractivity contribution in [3.63, 3.8) is 0 Å². The lowest BCUT2D eigenvalue weighted by atomic mass is 10.1. The van der Waals surface area contributed by atoms with Gasteiger partial charge in [0, 0.05) is 10.2 Å². The first-order valence-corrected chi connectivity index (χ1v) is 7.28. The van der Waals surface area contributed by atoms with E-state index in [0.29, 0.717) is 0 Å². The second-order valence-corrected chi connectivity index (χ2v) is 6.14. The first kappa shape index (κ1) is 13.2. The van der Waals surface area contributed by atoms with E-state index in [4.69, 9.17) is 0 Å². The van der Waals surface area contributed by atoms with Crippen molar-refractivity contribution in [2.45, 2.75) is 44.6 Å². The molecule has 0 bridgehead atoms. The van der Waals surface area contributed by atoms with Crippen LogP contribution in [0.1, 0.15) is 38.5 Å². The third-order valence-corrected chi connectivity index (χ3v) is 3.14. The SMILES string of the molecule is C[N+](C)(C)CCCCCCCC[SiH3]. The molecule has 0 aliphatic rings. The fraction of sp³-hybridized carbons (Fsp3) is 1.00. The molecule has 2 heteroatoms. The van der Waals surface area contributed by atoms with Crippen LogP contribution in [-0.2, 0) is 0 Å². The molecule has 80 valence electrons. The molecule has 0 aromatic rings. The van der Waals surface area contributed by atoms with Gasteiger partial charge in [-0.3, -0.25) is 0 Å². The first-order chi connectivity index (χ1) is 6.06. The summed E-state index contributed by atoms with van der Waals surface area (Å²) in [5.74, 6) is 0. The Morgan fingerprint density at radius 3 is 1.69 bits per heavy atom. The molecule has 0 rings (SSSR count). The Bertz CT molecular complexity index is 107. The van der Waals surface area contributed by atoms with Crippen LogP contribution in [0.3, 0.4) is 0 Å². The molecule has 0 heterocycles. The molecule has 13 heavy (non-hydrogen) atoms. The van der Waals surface area contributed by atoms with Crippen molar-refractivity contribution in [3.05, 3.63) is 0 Å². The summed E-state index contributed by atoms with van der Waals surface area (Å²) in [5.41, 5.74) is 0. The van der Waals surface area contributed by atoms with E-state index in [-0.39, 0.29) is 0 Å². The molecule has 0 amide bonds. The van der Waals surface area contributed by atoms with Crippen molar-refractivity contribution in [3.8, 4) is 0 Å². The van der Waals surface area contributed by atoms with E-state index in [0.717, 1.165) is 4.48 Å². The van der Waals surface area contributed by atoms with Crippen LogP contribution in [0.15, 0.2) is 0 Å². The Morgan fingerprint density at radius 2 is 1.23 bits per heavy atom. The summed E-state index contributed by atoms with van der Waals surface area (Å²) in [7, 11) is 8.24. The average Bonchev–Trinajstić information content (AvgIpc) is 2.01. The van der Waals surface area contributed by atoms with Gasteiger partial charge in [0.1, 0.15) is 0 Å². The number of hydrogen-bond acceptors (Lipinski definition) is 0. The van der Waals surface area contributed by atoms with Crippen LogP contribution >= 0.6 is 0 Å². The summed E-state index contributed by atoms with van der Waals surface area (Å²) in [6.45, 7) is 1.33. The number of nitrogens with zero attached hydrogens (tertiary/aromatic N) is 1. The largest absolute Gasteiger partial charge is 0.331 e. The molecule has 0 saturated carbocycles. The van der Waals surface area contributed by atoms with E-state index in [1.165, 1.54) is 61.4 Å². The standard InChI is InChI=1S/C11H28NSi/c1-12(2,3)10-8-6-4-5-7-9-11-13/h4-11H2,1-3,13H3/q+1. The molecule has 1 nitrogen and oxygen atoms in total.